The lowest BCUT2D eigenvalue weighted by atomic mass is 10.2. The molecule has 6 nitrogen and oxygen atoms in total. The second-order valence-corrected chi connectivity index (χ2v) is 6.55. The van der Waals surface area contributed by atoms with Crippen LogP contribution in [-0.4, -0.2) is 52.4 Å². The van der Waals surface area contributed by atoms with Crippen LogP contribution < -0.4 is 10.6 Å². The SMILES string of the molecule is CCc1nn(CCCN2CCN(c3cccc(Cl)c3)CC2)c(=O)[nH]1.Cl. The highest BCUT2D eigenvalue weighted by molar-refractivity contribution is 6.30. The molecule has 3 rings (SSSR count). The number of hydrogen-bond acceptors (Lipinski definition) is 4. The fourth-order valence-electron chi connectivity index (χ4n) is 3.06. The zero-order chi connectivity index (χ0) is 16.9. The molecule has 2 aromatic rings. The van der Waals surface area contributed by atoms with Gasteiger partial charge in [-0.2, -0.15) is 5.10 Å². The van der Waals surface area contributed by atoms with Crippen LogP contribution in [-0.2, 0) is 13.0 Å². The number of aromatic nitrogens is 3. The molecule has 0 bridgehead atoms. The van der Waals surface area contributed by atoms with Crippen molar-refractivity contribution in [3.8, 4) is 0 Å². The number of hydrogen-bond donors (Lipinski definition) is 1. The number of H-pyrrole nitrogens is 1. The smallest absolute Gasteiger partial charge is 0.343 e. The first-order valence-electron chi connectivity index (χ1n) is 8.54. The van der Waals surface area contributed by atoms with Crippen molar-refractivity contribution in [2.45, 2.75) is 26.3 Å². The van der Waals surface area contributed by atoms with Gasteiger partial charge in [-0.1, -0.05) is 24.6 Å². The maximum atomic E-state index is 11.7. The Balaban J connectivity index is 0.00000225. The van der Waals surface area contributed by atoms with Gasteiger partial charge in [0.1, 0.15) is 5.82 Å². The third-order valence-electron chi connectivity index (χ3n) is 4.45. The van der Waals surface area contributed by atoms with E-state index in [1.807, 2.05) is 25.1 Å². The van der Waals surface area contributed by atoms with Crippen LogP contribution in [0, 0.1) is 0 Å². The number of nitrogens with zero attached hydrogens (tertiary/aromatic N) is 4. The van der Waals surface area contributed by atoms with Gasteiger partial charge in [0.2, 0.25) is 0 Å². The van der Waals surface area contributed by atoms with Crippen molar-refractivity contribution >= 4 is 29.7 Å². The molecule has 1 saturated heterocycles. The summed E-state index contributed by atoms with van der Waals surface area (Å²) in [5.74, 6) is 0.759. The Bertz CT molecular complexity index is 722. The van der Waals surface area contributed by atoms with Gasteiger partial charge in [-0.25, -0.2) is 9.48 Å². The summed E-state index contributed by atoms with van der Waals surface area (Å²) in [5.41, 5.74) is 1.09. The second kappa shape index (κ2) is 9.27. The molecule has 0 saturated carbocycles. The number of piperazine rings is 1. The van der Waals surface area contributed by atoms with E-state index >= 15 is 0 Å². The highest BCUT2D eigenvalue weighted by Crippen LogP contribution is 2.20. The molecule has 2 heterocycles. The predicted octanol–water partition coefficient (Wildman–Crippen LogP) is 2.42. The maximum absolute atomic E-state index is 11.7. The van der Waals surface area contributed by atoms with Crippen LogP contribution in [0.5, 0.6) is 0 Å². The summed E-state index contributed by atoms with van der Waals surface area (Å²) < 4.78 is 1.54. The van der Waals surface area contributed by atoms with Gasteiger partial charge in [0.15, 0.2) is 0 Å². The largest absolute Gasteiger partial charge is 0.369 e. The van der Waals surface area contributed by atoms with Gasteiger partial charge in [-0.05, 0) is 24.6 Å². The topological polar surface area (TPSA) is 57.2 Å². The third kappa shape index (κ3) is 5.23. The Morgan fingerprint density at radius 1 is 1.20 bits per heavy atom. The molecule has 0 spiro atoms. The molecule has 0 unspecified atom stereocenters. The lowest BCUT2D eigenvalue weighted by Crippen LogP contribution is -2.46. The van der Waals surface area contributed by atoms with Crippen LogP contribution in [0.2, 0.25) is 5.02 Å². The van der Waals surface area contributed by atoms with E-state index in [0.717, 1.165) is 56.4 Å². The average molecular weight is 386 g/mol. The molecular formula is C17H25Cl2N5O. The molecule has 25 heavy (non-hydrogen) atoms. The monoisotopic (exact) mass is 385 g/mol. The molecule has 0 radical (unpaired) electrons. The molecule has 1 aromatic carbocycles. The van der Waals surface area contributed by atoms with E-state index in [9.17, 15) is 4.79 Å². The van der Waals surface area contributed by atoms with Crippen molar-refractivity contribution in [3.63, 3.8) is 0 Å². The number of rotatable bonds is 6. The standard InChI is InChI=1S/C17H24ClN5O.ClH/c1-2-16-19-17(24)23(20-16)8-4-7-21-9-11-22(12-10-21)15-6-3-5-14(18)13-15;/h3,5-6,13H,2,4,7-12H2,1H3,(H,19,20,24);1H. The summed E-state index contributed by atoms with van der Waals surface area (Å²) in [7, 11) is 0. The van der Waals surface area contributed by atoms with Gasteiger partial charge in [-0.3, -0.25) is 9.88 Å². The molecule has 8 heteroatoms. The van der Waals surface area contributed by atoms with Gasteiger partial charge in [-0.15, -0.1) is 12.4 Å². The molecule has 0 atom stereocenters. The Morgan fingerprint density at radius 3 is 2.60 bits per heavy atom. The quantitative estimate of drug-likeness (QED) is 0.829. The fraction of sp³-hybridized carbons (Fsp3) is 0.529. The summed E-state index contributed by atoms with van der Waals surface area (Å²) >= 11 is 6.07. The summed E-state index contributed by atoms with van der Waals surface area (Å²) in [6.45, 7) is 7.71. The third-order valence-corrected chi connectivity index (χ3v) is 4.69. The second-order valence-electron chi connectivity index (χ2n) is 6.12. The molecular weight excluding hydrogens is 361 g/mol. The number of halogens is 2. The van der Waals surface area contributed by atoms with Crippen molar-refractivity contribution < 1.29 is 0 Å². The average Bonchev–Trinajstić information content (AvgIpc) is 2.96. The normalized spacial score (nSPS) is 15.2. The van der Waals surface area contributed by atoms with Crippen molar-refractivity contribution in [1.29, 1.82) is 0 Å². The van der Waals surface area contributed by atoms with Crippen LogP contribution in [0.1, 0.15) is 19.2 Å². The van der Waals surface area contributed by atoms with Gasteiger partial charge in [0.05, 0.1) is 0 Å². The zero-order valence-electron chi connectivity index (χ0n) is 14.4. The van der Waals surface area contributed by atoms with Crippen molar-refractivity contribution in [2.75, 3.05) is 37.6 Å². The Kier molecular flexibility index (Phi) is 7.35. The summed E-state index contributed by atoms with van der Waals surface area (Å²) in [5, 5.41) is 5.06. The van der Waals surface area contributed by atoms with E-state index < -0.39 is 0 Å². The van der Waals surface area contributed by atoms with Crippen molar-refractivity contribution in [1.82, 2.24) is 19.7 Å². The predicted molar refractivity (Wildman–Crippen MR) is 104 cm³/mol. The molecule has 1 aromatic heterocycles. The first-order valence-corrected chi connectivity index (χ1v) is 8.92. The minimum Gasteiger partial charge on any atom is -0.369 e. The number of aryl methyl sites for hydroxylation is 2. The van der Waals surface area contributed by atoms with Crippen LogP contribution in [0.15, 0.2) is 29.1 Å². The molecule has 0 amide bonds. The highest BCUT2D eigenvalue weighted by Gasteiger charge is 2.17. The summed E-state index contributed by atoms with van der Waals surface area (Å²) in [4.78, 5) is 19.3. The zero-order valence-corrected chi connectivity index (χ0v) is 16.0. The molecule has 1 fully saturated rings. The van der Waals surface area contributed by atoms with Crippen LogP contribution in [0.4, 0.5) is 5.69 Å². The minimum atomic E-state index is -0.0994. The first-order chi connectivity index (χ1) is 11.7. The Hall–Kier alpha value is -1.50. The molecule has 1 aliphatic rings. The van der Waals surface area contributed by atoms with E-state index in [1.54, 1.807) is 4.68 Å². The fourth-order valence-corrected chi connectivity index (χ4v) is 3.25. The van der Waals surface area contributed by atoms with Crippen LogP contribution in [0.25, 0.3) is 0 Å². The molecule has 138 valence electrons. The minimum absolute atomic E-state index is 0. The van der Waals surface area contributed by atoms with Crippen molar-refractivity contribution in [3.05, 3.63) is 45.6 Å². The summed E-state index contributed by atoms with van der Waals surface area (Å²) in [6, 6.07) is 8.03. The van der Waals surface area contributed by atoms with Gasteiger partial charge < -0.3 is 4.90 Å². The lowest BCUT2D eigenvalue weighted by molar-refractivity contribution is 0.248. The van der Waals surface area contributed by atoms with E-state index in [2.05, 4.69) is 25.9 Å². The Morgan fingerprint density at radius 2 is 1.96 bits per heavy atom. The van der Waals surface area contributed by atoms with E-state index in [-0.39, 0.29) is 18.1 Å². The lowest BCUT2D eigenvalue weighted by Gasteiger charge is -2.36. The van der Waals surface area contributed by atoms with E-state index in [1.165, 1.54) is 5.69 Å². The van der Waals surface area contributed by atoms with E-state index in [0.29, 0.717) is 6.54 Å². The van der Waals surface area contributed by atoms with Crippen LogP contribution >= 0.6 is 24.0 Å². The number of nitrogens with one attached hydrogen (secondary N) is 1. The summed E-state index contributed by atoms with van der Waals surface area (Å²) in [6.07, 6.45) is 1.69. The highest BCUT2D eigenvalue weighted by atomic mass is 35.5. The number of aromatic amines is 1. The van der Waals surface area contributed by atoms with Gasteiger partial charge in [0.25, 0.3) is 0 Å². The molecule has 1 aliphatic heterocycles. The van der Waals surface area contributed by atoms with Gasteiger partial charge in [0, 0.05) is 56.4 Å². The number of anilines is 1. The number of benzene rings is 1. The Labute approximate surface area is 159 Å². The van der Waals surface area contributed by atoms with Crippen molar-refractivity contribution in [2.24, 2.45) is 0 Å². The molecule has 0 aliphatic carbocycles. The van der Waals surface area contributed by atoms with Crippen LogP contribution in [0.3, 0.4) is 0 Å². The molecule has 1 N–H and O–H groups in total. The van der Waals surface area contributed by atoms with E-state index in [4.69, 9.17) is 11.6 Å². The maximum Gasteiger partial charge on any atom is 0.343 e. The van der Waals surface area contributed by atoms with Gasteiger partial charge >= 0.3 is 5.69 Å². The first kappa shape index (κ1) is 19.8.